The summed E-state index contributed by atoms with van der Waals surface area (Å²) >= 11 is 0. The fourth-order valence-electron chi connectivity index (χ4n) is 3.86. The van der Waals surface area contributed by atoms with Crippen molar-refractivity contribution in [2.45, 2.75) is 39.0 Å². The van der Waals surface area contributed by atoms with E-state index in [2.05, 4.69) is 32.4 Å². The van der Waals surface area contributed by atoms with Gasteiger partial charge in [-0.15, -0.1) is 24.0 Å². The molecule has 1 aliphatic carbocycles. The Hall–Kier alpha value is -1.38. The molecule has 1 aromatic rings. The fourth-order valence-corrected chi connectivity index (χ4v) is 3.86. The minimum Gasteiger partial charge on any atom is -0.357 e. The molecule has 0 unspecified atom stereocenters. The number of aromatic nitrogens is 1. The maximum absolute atomic E-state index is 12.1. The number of carbonyl (C=O) groups excluding carboxylic acids is 1. The largest absolute Gasteiger partial charge is 0.357 e. The maximum atomic E-state index is 12.1. The molecule has 0 atom stereocenters. The molecule has 25 heavy (non-hydrogen) atoms. The summed E-state index contributed by atoms with van der Waals surface area (Å²) in [7, 11) is 0. The number of rotatable bonds is 4. The molecule has 2 fully saturated rings. The highest BCUT2D eigenvalue weighted by molar-refractivity contribution is 14.0. The number of guanidine groups is 1. The molecule has 1 saturated carbocycles. The Bertz CT molecular complexity index is 586. The van der Waals surface area contributed by atoms with Crippen LogP contribution < -0.4 is 10.6 Å². The number of likely N-dealkylation sites (tertiary alicyclic amines) is 1. The van der Waals surface area contributed by atoms with Crippen LogP contribution in [0, 0.1) is 5.41 Å². The molecular weight excluding hydrogens is 429 g/mol. The van der Waals surface area contributed by atoms with Crippen LogP contribution in [0.2, 0.25) is 0 Å². The highest BCUT2D eigenvalue weighted by Crippen LogP contribution is 2.45. The van der Waals surface area contributed by atoms with E-state index in [1.54, 1.807) is 18.5 Å². The molecule has 2 heterocycles. The summed E-state index contributed by atoms with van der Waals surface area (Å²) in [6.07, 6.45) is 9.96. The zero-order chi connectivity index (χ0) is 16.8. The molecule has 6 nitrogen and oxygen atoms in total. The highest BCUT2D eigenvalue weighted by Gasteiger charge is 2.41. The lowest BCUT2D eigenvalue weighted by Crippen LogP contribution is -2.41. The number of nitrogens with one attached hydrogen (secondary N) is 2. The van der Waals surface area contributed by atoms with Gasteiger partial charge in [-0.05, 0) is 43.7 Å². The van der Waals surface area contributed by atoms with Gasteiger partial charge in [0.1, 0.15) is 6.54 Å². The highest BCUT2D eigenvalue weighted by atomic mass is 127. The molecule has 2 aliphatic rings. The third kappa shape index (κ3) is 5.29. The first-order valence-corrected chi connectivity index (χ1v) is 8.94. The Kier molecular flexibility index (Phi) is 7.46. The predicted octanol–water partition coefficient (Wildman–Crippen LogP) is 2.87. The fraction of sp³-hybridized carbons (Fsp3) is 0.611. The van der Waals surface area contributed by atoms with E-state index in [1.165, 1.54) is 32.1 Å². The second-order valence-corrected chi connectivity index (χ2v) is 6.84. The monoisotopic (exact) mass is 457 g/mol. The second kappa shape index (κ2) is 9.35. The van der Waals surface area contributed by atoms with Crippen LogP contribution in [-0.4, -0.2) is 47.9 Å². The minimum atomic E-state index is -0.117. The van der Waals surface area contributed by atoms with Crippen molar-refractivity contribution < 1.29 is 4.79 Å². The first kappa shape index (κ1) is 19.9. The first-order valence-electron chi connectivity index (χ1n) is 8.94. The van der Waals surface area contributed by atoms with Crippen molar-refractivity contribution in [2.24, 2.45) is 10.4 Å². The number of hydrogen-bond donors (Lipinski definition) is 2. The van der Waals surface area contributed by atoms with Crippen molar-refractivity contribution in [1.82, 2.24) is 15.2 Å². The SMILES string of the molecule is CCNC(=NCC(=O)Nc1cccnc1)N1CCC2(CCCC2)C1.I. The lowest BCUT2D eigenvalue weighted by Gasteiger charge is -2.25. The van der Waals surface area contributed by atoms with E-state index in [0.29, 0.717) is 11.1 Å². The molecule has 1 aliphatic heterocycles. The van der Waals surface area contributed by atoms with Crippen molar-refractivity contribution in [3.63, 3.8) is 0 Å². The number of nitrogens with zero attached hydrogens (tertiary/aromatic N) is 3. The van der Waals surface area contributed by atoms with Crippen LogP contribution in [0.4, 0.5) is 5.69 Å². The van der Waals surface area contributed by atoms with Crippen LogP contribution >= 0.6 is 24.0 Å². The first-order chi connectivity index (χ1) is 11.7. The van der Waals surface area contributed by atoms with Gasteiger partial charge in [-0.1, -0.05) is 12.8 Å². The van der Waals surface area contributed by atoms with E-state index in [4.69, 9.17) is 0 Å². The van der Waals surface area contributed by atoms with Crippen LogP contribution in [0.25, 0.3) is 0 Å². The van der Waals surface area contributed by atoms with E-state index in [1.807, 2.05) is 6.07 Å². The van der Waals surface area contributed by atoms with Crippen molar-refractivity contribution in [2.75, 3.05) is 31.5 Å². The van der Waals surface area contributed by atoms with Crippen LogP contribution in [0.1, 0.15) is 39.0 Å². The number of carbonyl (C=O) groups is 1. The summed E-state index contributed by atoms with van der Waals surface area (Å²) in [5, 5.41) is 6.16. The average Bonchev–Trinajstić information content (AvgIpc) is 3.23. The molecule has 0 bridgehead atoms. The van der Waals surface area contributed by atoms with E-state index >= 15 is 0 Å². The topological polar surface area (TPSA) is 69.6 Å². The third-order valence-corrected chi connectivity index (χ3v) is 5.05. The van der Waals surface area contributed by atoms with E-state index in [0.717, 1.165) is 25.6 Å². The normalized spacial score (nSPS) is 18.9. The number of halogens is 1. The number of pyridine rings is 1. The standard InChI is InChI=1S/C18H27N5O.HI/c1-2-20-17(23-11-9-18(14-23)7-3-4-8-18)21-13-16(24)22-15-6-5-10-19-12-15;/h5-6,10,12H,2-4,7-9,11,13-14H2,1H3,(H,20,21)(H,22,24);1H. The summed E-state index contributed by atoms with van der Waals surface area (Å²) in [5.74, 6) is 0.746. The average molecular weight is 457 g/mol. The van der Waals surface area contributed by atoms with Gasteiger partial charge in [0, 0.05) is 25.8 Å². The molecule has 138 valence electrons. The lowest BCUT2D eigenvalue weighted by atomic mass is 9.86. The Morgan fingerprint density at radius 1 is 1.36 bits per heavy atom. The van der Waals surface area contributed by atoms with E-state index < -0.39 is 0 Å². The van der Waals surface area contributed by atoms with Crippen LogP contribution in [0.3, 0.4) is 0 Å². The molecule has 0 radical (unpaired) electrons. The molecular formula is C18H28IN5O. The summed E-state index contributed by atoms with van der Waals surface area (Å²) in [5.41, 5.74) is 1.20. The van der Waals surface area contributed by atoms with Crippen molar-refractivity contribution in [3.8, 4) is 0 Å². The number of hydrogen-bond acceptors (Lipinski definition) is 3. The van der Waals surface area contributed by atoms with Gasteiger partial charge in [0.05, 0.1) is 11.9 Å². The Morgan fingerprint density at radius 3 is 2.84 bits per heavy atom. The number of aliphatic imine (C=N–C) groups is 1. The maximum Gasteiger partial charge on any atom is 0.246 e. The molecule has 1 saturated heterocycles. The van der Waals surface area contributed by atoms with Crippen LogP contribution in [0.5, 0.6) is 0 Å². The molecule has 1 spiro atoms. The molecule has 0 aromatic carbocycles. The quantitative estimate of drug-likeness (QED) is 0.415. The second-order valence-electron chi connectivity index (χ2n) is 6.84. The van der Waals surface area contributed by atoms with Crippen molar-refractivity contribution >= 4 is 41.5 Å². The predicted molar refractivity (Wildman–Crippen MR) is 111 cm³/mol. The minimum absolute atomic E-state index is 0. The molecule has 3 rings (SSSR count). The summed E-state index contributed by atoms with van der Waals surface area (Å²) in [4.78, 5) is 23.0. The smallest absolute Gasteiger partial charge is 0.246 e. The lowest BCUT2D eigenvalue weighted by molar-refractivity contribution is -0.114. The molecule has 1 amide bonds. The Morgan fingerprint density at radius 2 is 2.16 bits per heavy atom. The zero-order valence-corrected chi connectivity index (χ0v) is 17.2. The van der Waals surface area contributed by atoms with Gasteiger partial charge in [-0.25, -0.2) is 4.99 Å². The van der Waals surface area contributed by atoms with Gasteiger partial charge in [0.25, 0.3) is 0 Å². The van der Waals surface area contributed by atoms with Gasteiger partial charge < -0.3 is 15.5 Å². The van der Waals surface area contributed by atoms with Gasteiger partial charge in [0.2, 0.25) is 5.91 Å². The number of anilines is 1. The zero-order valence-electron chi connectivity index (χ0n) is 14.8. The Balaban J connectivity index is 0.00000225. The van der Waals surface area contributed by atoms with Gasteiger partial charge in [-0.3, -0.25) is 9.78 Å². The van der Waals surface area contributed by atoms with Crippen molar-refractivity contribution in [3.05, 3.63) is 24.5 Å². The molecule has 7 heteroatoms. The summed E-state index contributed by atoms with van der Waals surface area (Å²) < 4.78 is 0. The third-order valence-electron chi connectivity index (χ3n) is 5.05. The van der Waals surface area contributed by atoms with Gasteiger partial charge >= 0.3 is 0 Å². The summed E-state index contributed by atoms with van der Waals surface area (Å²) in [6, 6.07) is 3.62. The molecule has 2 N–H and O–H groups in total. The Labute approximate surface area is 166 Å². The molecule has 1 aromatic heterocycles. The van der Waals surface area contributed by atoms with Crippen LogP contribution in [0.15, 0.2) is 29.5 Å². The van der Waals surface area contributed by atoms with E-state index in [-0.39, 0.29) is 36.4 Å². The summed E-state index contributed by atoms with van der Waals surface area (Å²) in [6.45, 7) is 5.11. The van der Waals surface area contributed by atoms with Gasteiger partial charge in [0.15, 0.2) is 5.96 Å². The van der Waals surface area contributed by atoms with Crippen molar-refractivity contribution in [1.29, 1.82) is 0 Å². The van der Waals surface area contributed by atoms with Gasteiger partial charge in [-0.2, -0.15) is 0 Å². The van der Waals surface area contributed by atoms with E-state index in [9.17, 15) is 4.79 Å². The number of amides is 1. The van der Waals surface area contributed by atoms with Crippen LogP contribution in [-0.2, 0) is 4.79 Å².